The molecule has 5 nitrogen and oxygen atoms in total. The maximum atomic E-state index is 14.2. The van der Waals surface area contributed by atoms with E-state index in [1.807, 2.05) is 26.8 Å². The van der Waals surface area contributed by atoms with Crippen molar-refractivity contribution >= 4 is 20.1 Å². The Labute approximate surface area is 195 Å². The lowest BCUT2D eigenvalue weighted by Gasteiger charge is -2.50. The minimum atomic E-state index is -2.15. The van der Waals surface area contributed by atoms with Gasteiger partial charge >= 0.3 is 5.97 Å². The van der Waals surface area contributed by atoms with Gasteiger partial charge < -0.3 is 13.9 Å². The number of carbonyl (C=O) groups is 2. The molecule has 2 rings (SSSR count). The zero-order chi connectivity index (χ0) is 24.7. The average molecular weight is 463 g/mol. The highest BCUT2D eigenvalue weighted by molar-refractivity contribution is 6.74. The van der Waals surface area contributed by atoms with Gasteiger partial charge in [-0.1, -0.05) is 57.2 Å². The summed E-state index contributed by atoms with van der Waals surface area (Å²) >= 11 is 0. The first kappa shape index (κ1) is 26.7. The summed E-state index contributed by atoms with van der Waals surface area (Å²) in [4.78, 5) is 26.2. The number of ether oxygens (including phenoxy) is 2. The Morgan fingerprint density at radius 1 is 1.31 bits per heavy atom. The van der Waals surface area contributed by atoms with E-state index in [4.69, 9.17) is 13.9 Å². The maximum Gasteiger partial charge on any atom is 0.302 e. The van der Waals surface area contributed by atoms with E-state index in [1.165, 1.54) is 6.92 Å². The van der Waals surface area contributed by atoms with Crippen LogP contribution in [0.4, 0.5) is 0 Å². The molecule has 5 atom stereocenters. The maximum absolute atomic E-state index is 14.2. The van der Waals surface area contributed by atoms with Crippen LogP contribution in [0, 0.1) is 11.3 Å². The fraction of sp³-hybridized carbons (Fsp3) is 0.692. The molecular formula is C26H42O5Si. The molecule has 1 aliphatic carbocycles. The first-order valence-electron chi connectivity index (χ1n) is 11.5. The molecule has 1 aliphatic heterocycles. The van der Waals surface area contributed by atoms with Gasteiger partial charge in [0.1, 0.15) is 11.7 Å². The van der Waals surface area contributed by atoms with Crippen molar-refractivity contribution in [1.82, 2.24) is 0 Å². The third-order valence-electron chi connectivity index (χ3n) is 7.87. The summed E-state index contributed by atoms with van der Waals surface area (Å²) in [6.45, 7) is 26.3. The van der Waals surface area contributed by atoms with Crippen LogP contribution >= 0.6 is 0 Å². The number of Topliss-reactive ketones (excluding diaryl/α,β-unsaturated/α-hetero) is 1. The van der Waals surface area contributed by atoms with Crippen molar-refractivity contribution < 1.29 is 23.5 Å². The van der Waals surface area contributed by atoms with E-state index in [1.54, 1.807) is 6.08 Å². The first-order chi connectivity index (χ1) is 14.5. The molecule has 0 spiro atoms. The molecule has 0 aromatic carbocycles. The van der Waals surface area contributed by atoms with Crippen molar-refractivity contribution in [2.75, 3.05) is 6.61 Å². The van der Waals surface area contributed by atoms with Gasteiger partial charge in [0.25, 0.3) is 0 Å². The molecule has 0 aromatic heterocycles. The Morgan fingerprint density at radius 3 is 2.38 bits per heavy atom. The first-order valence-corrected chi connectivity index (χ1v) is 14.4. The highest BCUT2D eigenvalue weighted by Gasteiger charge is 2.70. The fourth-order valence-corrected chi connectivity index (χ4v) is 6.13. The molecule has 2 bridgehead atoms. The Bertz CT molecular complexity index is 821. The second-order valence-electron chi connectivity index (χ2n) is 11.3. The Hall–Kier alpha value is -1.50. The molecule has 1 saturated heterocycles. The van der Waals surface area contributed by atoms with Gasteiger partial charge in [-0.25, -0.2) is 0 Å². The van der Waals surface area contributed by atoms with Crippen LogP contribution in [0.3, 0.4) is 0 Å². The molecule has 2 fully saturated rings. The molecule has 2 aliphatic rings. The van der Waals surface area contributed by atoms with Crippen LogP contribution in [0.15, 0.2) is 36.5 Å². The predicted octanol–water partition coefficient (Wildman–Crippen LogP) is 5.77. The Kier molecular flexibility index (Phi) is 7.55. The van der Waals surface area contributed by atoms with E-state index in [9.17, 15) is 9.59 Å². The lowest BCUT2D eigenvalue weighted by atomic mass is 9.57. The highest BCUT2D eigenvalue weighted by Crippen LogP contribution is 2.57. The lowest BCUT2D eigenvalue weighted by Crippen LogP contribution is -2.63. The summed E-state index contributed by atoms with van der Waals surface area (Å²) in [6, 6.07) is 0. The molecule has 180 valence electrons. The van der Waals surface area contributed by atoms with Gasteiger partial charge in [0.2, 0.25) is 0 Å². The van der Waals surface area contributed by atoms with Crippen molar-refractivity contribution in [3.8, 4) is 0 Å². The van der Waals surface area contributed by atoms with Crippen molar-refractivity contribution in [3.05, 3.63) is 36.5 Å². The number of carbonyl (C=O) groups excluding carboxylic acids is 2. The SMILES string of the molecule is C=C/C(C)=C/C[C@H](OC(C)=O)[C@@]12CO[C@@](C)(C1=O)[C@@H](O[Si](C)(C)C(C)(C)C)C[C@@H]2C(=C)C. The number of ketones is 1. The second kappa shape index (κ2) is 9.03. The molecule has 0 N–H and O–H groups in total. The van der Waals surface area contributed by atoms with Crippen molar-refractivity contribution in [3.63, 3.8) is 0 Å². The largest absolute Gasteiger partial charge is 0.461 e. The van der Waals surface area contributed by atoms with Gasteiger partial charge in [-0.15, -0.1) is 0 Å². The smallest absolute Gasteiger partial charge is 0.302 e. The molecule has 1 saturated carbocycles. The van der Waals surface area contributed by atoms with Crippen molar-refractivity contribution in [2.24, 2.45) is 11.3 Å². The molecule has 1 heterocycles. The van der Waals surface area contributed by atoms with Crippen LogP contribution in [-0.4, -0.2) is 44.5 Å². The average Bonchev–Trinajstić information content (AvgIpc) is 2.84. The molecular weight excluding hydrogens is 420 g/mol. The number of hydrogen-bond acceptors (Lipinski definition) is 5. The number of allylic oxidation sites excluding steroid dienone is 3. The predicted molar refractivity (Wildman–Crippen MR) is 131 cm³/mol. The Morgan fingerprint density at radius 2 is 1.91 bits per heavy atom. The highest BCUT2D eigenvalue weighted by atomic mass is 28.4. The molecule has 0 radical (unpaired) electrons. The zero-order valence-electron chi connectivity index (χ0n) is 21.5. The van der Waals surface area contributed by atoms with Crippen LogP contribution in [0.5, 0.6) is 0 Å². The quantitative estimate of drug-likeness (QED) is 0.198. The normalized spacial score (nSPS) is 31.9. The lowest BCUT2D eigenvalue weighted by molar-refractivity contribution is -0.165. The van der Waals surface area contributed by atoms with Crippen LogP contribution in [0.2, 0.25) is 18.1 Å². The van der Waals surface area contributed by atoms with Crippen LogP contribution in [0.25, 0.3) is 0 Å². The van der Waals surface area contributed by atoms with Crippen molar-refractivity contribution in [1.29, 1.82) is 0 Å². The van der Waals surface area contributed by atoms with Crippen LogP contribution < -0.4 is 0 Å². The van der Waals surface area contributed by atoms with E-state index in [0.717, 1.165) is 11.1 Å². The summed E-state index contributed by atoms with van der Waals surface area (Å²) in [6.07, 6.45) is 3.74. The van der Waals surface area contributed by atoms with Gasteiger partial charge in [0.15, 0.2) is 14.1 Å². The standard InChI is InChI=1S/C26H42O5Si/c1-12-18(4)13-14-21(30-19(5)27)26-16-29-25(9,23(26)28)22(15-20(26)17(2)3)31-32(10,11)24(6,7)8/h12-13,20-22H,1-2,14-16H2,3-11H3/b18-13+/t20-,21+,22+,25-,26+/m1/s1. The number of rotatable bonds is 8. The molecule has 32 heavy (non-hydrogen) atoms. The third kappa shape index (κ3) is 4.59. The number of hydrogen-bond donors (Lipinski definition) is 0. The van der Waals surface area contributed by atoms with Gasteiger partial charge in [-0.05, 0) is 45.3 Å². The van der Waals surface area contributed by atoms with Gasteiger partial charge in [-0.2, -0.15) is 0 Å². The Balaban J connectivity index is 2.55. The summed E-state index contributed by atoms with van der Waals surface area (Å²) in [5.41, 5.74) is -0.194. The minimum Gasteiger partial charge on any atom is -0.461 e. The number of esters is 1. The monoisotopic (exact) mass is 462 g/mol. The molecule has 6 heteroatoms. The zero-order valence-corrected chi connectivity index (χ0v) is 22.5. The summed E-state index contributed by atoms with van der Waals surface area (Å²) in [5.74, 6) is -0.651. The molecule has 0 unspecified atom stereocenters. The summed E-state index contributed by atoms with van der Waals surface area (Å²) < 4.78 is 18.9. The second-order valence-corrected chi connectivity index (χ2v) is 16.0. The summed E-state index contributed by atoms with van der Waals surface area (Å²) in [7, 11) is -2.15. The van der Waals surface area contributed by atoms with Crippen molar-refractivity contribution in [2.45, 2.75) is 97.2 Å². The fourth-order valence-electron chi connectivity index (χ4n) is 4.75. The van der Waals surface area contributed by atoms with Gasteiger partial charge in [-0.3, -0.25) is 9.59 Å². The molecule has 0 aromatic rings. The minimum absolute atomic E-state index is 0.00551. The van der Waals surface area contributed by atoms with E-state index in [-0.39, 0.29) is 29.5 Å². The van der Waals surface area contributed by atoms with Crippen LogP contribution in [0.1, 0.15) is 61.3 Å². The van der Waals surface area contributed by atoms with Crippen LogP contribution in [-0.2, 0) is 23.5 Å². The van der Waals surface area contributed by atoms with E-state index >= 15 is 0 Å². The summed E-state index contributed by atoms with van der Waals surface area (Å²) in [5, 5.41) is 0.00551. The number of fused-ring (bicyclic) bond motifs is 2. The van der Waals surface area contributed by atoms with E-state index < -0.39 is 31.4 Å². The molecule has 0 amide bonds. The van der Waals surface area contributed by atoms with E-state index in [2.05, 4.69) is 47.0 Å². The topological polar surface area (TPSA) is 61.8 Å². The van der Waals surface area contributed by atoms with Gasteiger partial charge in [0.05, 0.1) is 18.1 Å². The third-order valence-corrected chi connectivity index (χ3v) is 12.4. The van der Waals surface area contributed by atoms with Gasteiger partial charge in [0, 0.05) is 19.3 Å². The van der Waals surface area contributed by atoms with E-state index in [0.29, 0.717) is 12.8 Å².